The molecule has 18 nitrogen and oxygen atoms in total. The van der Waals surface area contributed by atoms with Crippen molar-refractivity contribution in [3.63, 3.8) is 0 Å². The number of carbonyl (C=O) groups is 5. The number of nitrogens with one attached hydrogen (secondary N) is 5. The average molecular weight is 1780 g/mol. The molecule has 0 saturated heterocycles. The third-order valence-electron chi connectivity index (χ3n) is 17.4. The van der Waals surface area contributed by atoms with Crippen molar-refractivity contribution in [3.8, 4) is 18.2 Å². The Kier molecular flexibility index (Phi) is 31.0. The zero-order chi connectivity index (χ0) is 86.6. The Hall–Kier alpha value is -12.4. The fourth-order valence-corrected chi connectivity index (χ4v) is 12.9. The standard InChI is InChI=1S/C26H25Cl2FN2O3.C22H13Cl2FN4O.2C20H11Cl2F2N3O/c1-26(2,3)34-22(32)14-20(16-7-5-4-6-8-16)25(33)31-23(17-9-11-18(27)12-10-17)24-21(29)13-19(28)15-30-24;23-15-5-3-12(4-6-15)20(21-27-18-8-7-16(24)10-19(18)28-21)29-22(30)13-1-2-14(11-26)17(25)9-13;21-14-5-3-11(4-6-14)18(19-16(22)8-15(23)10-26-19)27-20(28)12-1-2-13(9-25)17(24)7-12;21-13-3-5-15(17(24)8-13)19(18-6-4-14(22)10-26-18)27-20(28)11-1-2-12(9-25)16(23)7-11/h4-13,15,20,23H,14H2,1-3H3,(H,31,33);1-10,20H,(H,27,28)(H,29,30);1-8,10,18H,(H,27,28);1-8,10,19H,(H,27,28)/t20?,23-;;18-;19-/m0.01/s1. The lowest BCUT2D eigenvalue weighted by Gasteiger charge is -2.25. The number of esters is 1. The van der Waals surface area contributed by atoms with Gasteiger partial charge in [0.25, 0.3) is 17.7 Å². The number of aromatic nitrogens is 5. The maximum atomic E-state index is 14.8. The summed E-state index contributed by atoms with van der Waals surface area (Å²) in [6.07, 6.45) is 3.48. The number of amides is 4. The van der Waals surface area contributed by atoms with E-state index in [1.165, 1.54) is 60.9 Å². The van der Waals surface area contributed by atoms with E-state index in [0.717, 1.165) is 53.7 Å². The Morgan fingerprint density at radius 3 is 1.33 bits per heavy atom. The minimum Gasteiger partial charge on any atom is -0.460 e. The molecule has 0 aliphatic rings. The van der Waals surface area contributed by atoms with Gasteiger partial charge in [0.1, 0.15) is 76.3 Å². The van der Waals surface area contributed by atoms with E-state index in [-0.39, 0.29) is 71.8 Å². The molecule has 13 rings (SSSR count). The first-order valence-corrected chi connectivity index (χ1v) is 38.5. The van der Waals surface area contributed by atoms with E-state index in [0.29, 0.717) is 58.8 Å². The Balaban J connectivity index is 0.000000169. The molecule has 606 valence electrons. The zero-order valence-electron chi connectivity index (χ0n) is 62.5. The maximum Gasteiger partial charge on any atom is 0.307 e. The number of pyridine rings is 3. The van der Waals surface area contributed by atoms with Crippen molar-refractivity contribution < 1.29 is 55.1 Å². The molecular weight excluding hydrogens is 1720 g/mol. The smallest absolute Gasteiger partial charge is 0.307 e. The summed E-state index contributed by atoms with van der Waals surface area (Å²) in [5.41, 5.74) is 3.47. The quantitative estimate of drug-likeness (QED) is 0.0372. The Labute approximate surface area is 722 Å². The van der Waals surface area contributed by atoms with Gasteiger partial charge in [-0.25, -0.2) is 31.3 Å². The number of halogens is 14. The van der Waals surface area contributed by atoms with Crippen molar-refractivity contribution in [2.75, 3.05) is 0 Å². The molecule has 0 bridgehead atoms. The van der Waals surface area contributed by atoms with Gasteiger partial charge in [-0.2, -0.15) is 15.8 Å². The highest BCUT2D eigenvalue weighted by Gasteiger charge is 2.32. The van der Waals surface area contributed by atoms with Crippen molar-refractivity contribution in [2.24, 2.45) is 0 Å². The lowest BCUT2D eigenvalue weighted by atomic mass is 9.93. The Morgan fingerprint density at radius 2 is 0.867 bits per heavy atom. The van der Waals surface area contributed by atoms with Crippen LogP contribution in [0.2, 0.25) is 40.2 Å². The van der Waals surface area contributed by atoms with Gasteiger partial charge in [0, 0.05) is 59.8 Å². The van der Waals surface area contributed by atoms with Crippen molar-refractivity contribution in [3.05, 3.63) is 396 Å². The first kappa shape index (κ1) is 90.0. The number of benzene rings is 9. The van der Waals surface area contributed by atoms with Crippen LogP contribution >= 0.6 is 92.8 Å². The molecule has 9 aromatic carbocycles. The third-order valence-corrected chi connectivity index (χ3v) is 19.3. The van der Waals surface area contributed by atoms with E-state index >= 15 is 0 Å². The number of ether oxygens (including phenoxy) is 1. The van der Waals surface area contributed by atoms with E-state index in [4.69, 9.17) is 113 Å². The van der Waals surface area contributed by atoms with Crippen LogP contribution in [0.15, 0.2) is 237 Å². The topological polar surface area (TPSA) is 281 Å². The van der Waals surface area contributed by atoms with Gasteiger partial charge in [0.05, 0.1) is 90.8 Å². The van der Waals surface area contributed by atoms with E-state index < -0.39 is 100 Å². The lowest BCUT2D eigenvalue weighted by Crippen LogP contribution is -2.36. The number of hydrogen-bond acceptors (Lipinski definition) is 13. The maximum absolute atomic E-state index is 14.8. The molecule has 0 radical (unpaired) electrons. The van der Waals surface area contributed by atoms with Gasteiger partial charge in [-0.3, -0.25) is 38.9 Å². The summed E-state index contributed by atoms with van der Waals surface area (Å²) < 4.78 is 89.8. The summed E-state index contributed by atoms with van der Waals surface area (Å²) in [6, 6.07) is 56.0. The van der Waals surface area contributed by atoms with Crippen molar-refractivity contribution in [2.45, 2.75) is 62.9 Å². The molecule has 0 fully saturated rings. The van der Waals surface area contributed by atoms with Crippen LogP contribution in [0, 0.1) is 68.9 Å². The van der Waals surface area contributed by atoms with Crippen molar-refractivity contribution >= 4 is 133 Å². The summed E-state index contributed by atoms with van der Waals surface area (Å²) in [6.45, 7) is 5.27. The first-order valence-electron chi connectivity index (χ1n) is 35.4. The second-order valence-electron chi connectivity index (χ2n) is 26.9. The second kappa shape index (κ2) is 41.3. The fraction of sp³-hybridized carbons (Fsp3) is 0.114. The number of nitrogens with zero attached hydrogens (tertiary/aromatic N) is 7. The Bertz CT molecular complexity index is 5910. The number of fused-ring (bicyclic) bond motifs is 1. The first-order chi connectivity index (χ1) is 57.2. The van der Waals surface area contributed by atoms with E-state index in [1.54, 1.807) is 166 Å². The van der Waals surface area contributed by atoms with Gasteiger partial charge in [0.2, 0.25) is 5.91 Å². The molecule has 4 aromatic heterocycles. The third kappa shape index (κ3) is 24.4. The highest BCUT2D eigenvalue weighted by molar-refractivity contribution is 6.33. The van der Waals surface area contributed by atoms with Gasteiger partial charge in [-0.1, -0.05) is 166 Å². The predicted octanol–water partition coefficient (Wildman–Crippen LogP) is 21.8. The van der Waals surface area contributed by atoms with Crippen LogP contribution in [0.3, 0.4) is 0 Å². The SMILES string of the molecule is CC(C)(C)OC(=O)CC(C(=O)N[C@@H](c1ccc(Cl)cc1)c1ncc(Cl)cc1F)c1ccccc1.N#Cc1ccc(C(=O)NC(c2ccc(Cl)cc2)c2nc3ccc(Cl)cc3[nH]2)cc1F.N#Cc1ccc(C(=O)N[C@@H](c2ccc(Cl)cc2)c2ncc(F)cc2Cl)cc1F.N#Cc1ccc(C(=O)N[C@@H](c2ccc(Cl)cn2)c2ccc(Cl)cc2F)cc1F. The number of H-pyrrole nitrogens is 1. The van der Waals surface area contributed by atoms with Crippen LogP contribution in [0.1, 0.15) is 156 Å². The number of aromatic amines is 1. The summed E-state index contributed by atoms with van der Waals surface area (Å²) in [5, 5.41) is 40.4. The van der Waals surface area contributed by atoms with Crippen LogP contribution in [0.5, 0.6) is 0 Å². The average Bonchev–Trinajstić information content (AvgIpc) is 1.67. The minimum atomic E-state index is -0.972. The van der Waals surface area contributed by atoms with Gasteiger partial charge >= 0.3 is 5.97 Å². The van der Waals surface area contributed by atoms with Crippen molar-refractivity contribution in [1.29, 1.82) is 15.8 Å². The van der Waals surface area contributed by atoms with Crippen LogP contribution in [0.25, 0.3) is 11.0 Å². The molecule has 120 heavy (non-hydrogen) atoms. The molecule has 0 spiro atoms. The van der Waals surface area contributed by atoms with Crippen LogP contribution in [-0.2, 0) is 14.3 Å². The molecule has 5 N–H and O–H groups in total. The molecule has 4 heterocycles. The number of carbonyl (C=O) groups excluding carboxylic acids is 5. The highest BCUT2D eigenvalue weighted by Crippen LogP contribution is 2.34. The van der Waals surface area contributed by atoms with Gasteiger partial charge in [-0.15, -0.1) is 0 Å². The highest BCUT2D eigenvalue weighted by atomic mass is 35.5. The molecule has 5 atom stereocenters. The molecule has 0 aliphatic heterocycles. The summed E-state index contributed by atoms with van der Waals surface area (Å²) in [7, 11) is 0. The number of imidazole rings is 1. The van der Waals surface area contributed by atoms with Gasteiger partial charge < -0.3 is 31.0 Å². The monoisotopic (exact) mass is 1770 g/mol. The number of rotatable bonds is 19. The van der Waals surface area contributed by atoms with E-state index in [1.807, 2.05) is 6.07 Å². The largest absolute Gasteiger partial charge is 0.460 e. The van der Waals surface area contributed by atoms with Gasteiger partial charge in [-0.05, 0) is 189 Å². The van der Waals surface area contributed by atoms with Crippen LogP contribution in [0.4, 0.5) is 26.3 Å². The summed E-state index contributed by atoms with van der Waals surface area (Å²) >= 11 is 47.6. The second-order valence-corrected chi connectivity index (χ2v) is 30.3. The summed E-state index contributed by atoms with van der Waals surface area (Å²) in [5.74, 6) is -7.50. The molecule has 2 unspecified atom stereocenters. The molecule has 0 saturated carbocycles. The van der Waals surface area contributed by atoms with E-state index in [2.05, 4.69) is 46.2 Å². The lowest BCUT2D eigenvalue weighted by molar-refractivity contribution is -0.156. The molecule has 13 aromatic rings. The molecule has 32 heteroatoms. The normalized spacial score (nSPS) is 12.1. The zero-order valence-corrected chi connectivity index (χ0v) is 68.5. The predicted molar refractivity (Wildman–Crippen MR) is 445 cm³/mol. The van der Waals surface area contributed by atoms with Crippen molar-refractivity contribution in [1.82, 2.24) is 46.2 Å². The number of hydrogen-bond donors (Lipinski definition) is 5. The Morgan fingerprint density at radius 1 is 0.425 bits per heavy atom. The molecule has 0 aliphatic carbocycles. The van der Waals surface area contributed by atoms with Crippen LogP contribution in [-0.4, -0.2) is 60.1 Å². The summed E-state index contributed by atoms with van der Waals surface area (Å²) in [4.78, 5) is 84.3. The van der Waals surface area contributed by atoms with Gasteiger partial charge in [0.15, 0.2) is 0 Å². The van der Waals surface area contributed by atoms with Crippen LogP contribution < -0.4 is 21.3 Å². The molecule has 4 amide bonds. The number of nitriles is 3. The molecular formula is C88H60Cl8F6N12O6. The fourth-order valence-electron chi connectivity index (χ4n) is 11.6. The van der Waals surface area contributed by atoms with E-state index in [9.17, 15) is 50.3 Å². The minimum absolute atomic E-state index is 0.00805.